The minimum atomic E-state index is -0.0802. The van der Waals surface area contributed by atoms with Crippen LogP contribution in [0.25, 0.3) is 0 Å². The molecule has 1 aliphatic carbocycles. The molecule has 3 N–H and O–H groups in total. The summed E-state index contributed by atoms with van der Waals surface area (Å²) in [6.45, 7) is 1.95. The van der Waals surface area contributed by atoms with Crippen LogP contribution in [-0.2, 0) is 4.79 Å². The first-order valence-electron chi connectivity index (χ1n) is 5.79. The fourth-order valence-electron chi connectivity index (χ4n) is 3.12. The number of piperidine rings is 1. The molecule has 3 nitrogen and oxygen atoms in total. The molecule has 2 unspecified atom stereocenters. The Morgan fingerprint density at radius 2 is 1.93 bits per heavy atom. The molecule has 2 fully saturated rings. The van der Waals surface area contributed by atoms with Crippen LogP contribution in [0.2, 0.25) is 0 Å². The molecule has 3 heteroatoms. The van der Waals surface area contributed by atoms with Crippen molar-refractivity contribution in [3.8, 4) is 0 Å². The van der Waals surface area contributed by atoms with Crippen LogP contribution in [0.3, 0.4) is 0 Å². The van der Waals surface area contributed by atoms with Gasteiger partial charge in [-0.05, 0) is 31.3 Å². The molecular formula is C11H20N2O. The average molecular weight is 196 g/mol. The van der Waals surface area contributed by atoms with Crippen LogP contribution in [-0.4, -0.2) is 19.0 Å². The Labute approximate surface area is 85.4 Å². The van der Waals surface area contributed by atoms with Crippen molar-refractivity contribution < 1.29 is 4.79 Å². The summed E-state index contributed by atoms with van der Waals surface area (Å²) in [5.41, 5.74) is 5.46. The van der Waals surface area contributed by atoms with E-state index in [0.717, 1.165) is 25.4 Å². The molecule has 2 rings (SSSR count). The van der Waals surface area contributed by atoms with E-state index in [9.17, 15) is 4.79 Å². The molecule has 0 aromatic carbocycles. The average Bonchev–Trinajstić information content (AvgIpc) is 2.70. The van der Waals surface area contributed by atoms with E-state index in [2.05, 4.69) is 5.32 Å². The van der Waals surface area contributed by atoms with Crippen LogP contribution < -0.4 is 11.1 Å². The number of hydrogen-bond acceptors (Lipinski definition) is 2. The number of nitrogens with one attached hydrogen (secondary N) is 1. The topological polar surface area (TPSA) is 55.1 Å². The predicted octanol–water partition coefficient (Wildman–Crippen LogP) is 0.888. The standard InChI is InChI=1S/C11H20N2O/c12-11(14)9-5-6-13-7-10(9)8-3-1-2-4-8/h8-10,13H,1-7H2,(H2,12,14). The molecule has 1 saturated carbocycles. The number of nitrogens with two attached hydrogens (primary N) is 1. The quantitative estimate of drug-likeness (QED) is 0.689. The van der Waals surface area contributed by atoms with Crippen molar-refractivity contribution in [2.75, 3.05) is 13.1 Å². The van der Waals surface area contributed by atoms with E-state index >= 15 is 0 Å². The molecule has 14 heavy (non-hydrogen) atoms. The smallest absolute Gasteiger partial charge is 0.220 e. The van der Waals surface area contributed by atoms with E-state index < -0.39 is 0 Å². The number of primary amides is 1. The molecular weight excluding hydrogens is 176 g/mol. The summed E-state index contributed by atoms with van der Waals surface area (Å²) >= 11 is 0. The van der Waals surface area contributed by atoms with Gasteiger partial charge in [-0.25, -0.2) is 0 Å². The van der Waals surface area contributed by atoms with Crippen LogP contribution in [0.5, 0.6) is 0 Å². The fraction of sp³-hybridized carbons (Fsp3) is 0.909. The summed E-state index contributed by atoms with van der Waals surface area (Å²) in [7, 11) is 0. The second-order valence-corrected chi connectivity index (χ2v) is 4.71. The van der Waals surface area contributed by atoms with Gasteiger partial charge in [0, 0.05) is 5.92 Å². The maximum atomic E-state index is 11.3. The van der Waals surface area contributed by atoms with Crippen molar-refractivity contribution in [1.82, 2.24) is 5.32 Å². The number of carbonyl (C=O) groups excluding carboxylic acids is 1. The fourth-order valence-corrected chi connectivity index (χ4v) is 3.12. The Hall–Kier alpha value is -0.570. The van der Waals surface area contributed by atoms with Crippen LogP contribution in [0.4, 0.5) is 0 Å². The Morgan fingerprint density at radius 3 is 2.57 bits per heavy atom. The molecule has 2 aliphatic rings. The van der Waals surface area contributed by atoms with Crippen LogP contribution in [0.15, 0.2) is 0 Å². The Balaban J connectivity index is 2.01. The van der Waals surface area contributed by atoms with Crippen molar-refractivity contribution in [2.45, 2.75) is 32.1 Å². The number of rotatable bonds is 2. The molecule has 0 radical (unpaired) electrons. The van der Waals surface area contributed by atoms with Gasteiger partial charge in [0.1, 0.15) is 0 Å². The van der Waals surface area contributed by atoms with Crippen LogP contribution in [0, 0.1) is 17.8 Å². The highest BCUT2D eigenvalue weighted by Gasteiger charge is 2.35. The lowest BCUT2D eigenvalue weighted by atomic mass is 9.76. The highest BCUT2D eigenvalue weighted by Crippen LogP contribution is 2.37. The van der Waals surface area contributed by atoms with Gasteiger partial charge in [-0.15, -0.1) is 0 Å². The highest BCUT2D eigenvalue weighted by atomic mass is 16.1. The molecule has 1 aliphatic heterocycles. The van der Waals surface area contributed by atoms with Crippen molar-refractivity contribution in [2.24, 2.45) is 23.5 Å². The molecule has 0 aromatic rings. The minimum absolute atomic E-state index is 0.0802. The second-order valence-electron chi connectivity index (χ2n) is 4.71. The zero-order valence-electron chi connectivity index (χ0n) is 8.67. The normalized spacial score (nSPS) is 34.6. The predicted molar refractivity (Wildman–Crippen MR) is 55.6 cm³/mol. The molecule has 1 saturated heterocycles. The summed E-state index contributed by atoms with van der Waals surface area (Å²) < 4.78 is 0. The van der Waals surface area contributed by atoms with Gasteiger partial charge in [-0.2, -0.15) is 0 Å². The third-order valence-corrected chi connectivity index (χ3v) is 3.90. The lowest BCUT2D eigenvalue weighted by Gasteiger charge is -2.34. The van der Waals surface area contributed by atoms with Crippen molar-refractivity contribution in [3.63, 3.8) is 0 Å². The minimum Gasteiger partial charge on any atom is -0.369 e. The van der Waals surface area contributed by atoms with Gasteiger partial charge in [0.25, 0.3) is 0 Å². The summed E-state index contributed by atoms with van der Waals surface area (Å²) in [6.07, 6.45) is 6.22. The van der Waals surface area contributed by atoms with Gasteiger partial charge in [0.2, 0.25) is 5.91 Å². The lowest BCUT2D eigenvalue weighted by Crippen LogP contribution is -2.45. The number of carbonyl (C=O) groups is 1. The molecule has 1 amide bonds. The first kappa shape index (κ1) is 9.97. The van der Waals surface area contributed by atoms with Crippen LogP contribution >= 0.6 is 0 Å². The van der Waals surface area contributed by atoms with Gasteiger partial charge >= 0.3 is 0 Å². The lowest BCUT2D eigenvalue weighted by molar-refractivity contribution is -0.125. The first-order chi connectivity index (χ1) is 6.79. The zero-order valence-corrected chi connectivity index (χ0v) is 8.67. The first-order valence-corrected chi connectivity index (χ1v) is 5.79. The summed E-state index contributed by atoms with van der Waals surface area (Å²) in [4.78, 5) is 11.3. The monoisotopic (exact) mass is 196 g/mol. The Bertz CT molecular complexity index is 211. The SMILES string of the molecule is NC(=O)C1CCNCC1C1CCCC1. The molecule has 80 valence electrons. The van der Waals surface area contributed by atoms with E-state index in [1.54, 1.807) is 0 Å². The number of amides is 1. The third-order valence-electron chi connectivity index (χ3n) is 3.90. The zero-order chi connectivity index (χ0) is 9.97. The van der Waals surface area contributed by atoms with Crippen molar-refractivity contribution in [3.05, 3.63) is 0 Å². The summed E-state index contributed by atoms with van der Waals surface area (Å²) in [6, 6.07) is 0. The summed E-state index contributed by atoms with van der Waals surface area (Å²) in [5, 5.41) is 3.39. The van der Waals surface area contributed by atoms with Gasteiger partial charge in [0.05, 0.1) is 0 Å². The van der Waals surface area contributed by atoms with E-state index in [4.69, 9.17) is 5.73 Å². The van der Waals surface area contributed by atoms with E-state index in [1.807, 2.05) is 0 Å². The molecule has 0 spiro atoms. The number of hydrogen-bond donors (Lipinski definition) is 2. The van der Waals surface area contributed by atoms with E-state index in [0.29, 0.717) is 5.92 Å². The molecule has 0 aromatic heterocycles. The maximum absolute atomic E-state index is 11.3. The third kappa shape index (κ3) is 1.92. The van der Waals surface area contributed by atoms with Crippen LogP contribution in [0.1, 0.15) is 32.1 Å². The van der Waals surface area contributed by atoms with Crippen molar-refractivity contribution in [1.29, 1.82) is 0 Å². The van der Waals surface area contributed by atoms with Gasteiger partial charge in [-0.1, -0.05) is 25.7 Å². The van der Waals surface area contributed by atoms with Gasteiger partial charge in [-0.3, -0.25) is 4.79 Å². The molecule has 2 atom stereocenters. The molecule has 1 heterocycles. The maximum Gasteiger partial charge on any atom is 0.220 e. The van der Waals surface area contributed by atoms with E-state index in [1.165, 1.54) is 25.7 Å². The second kappa shape index (κ2) is 4.30. The van der Waals surface area contributed by atoms with Gasteiger partial charge in [0.15, 0.2) is 0 Å². The highest BCUT2D eigenvalue weighted by molar-refractivity contribution is 5.77. The Kier molecular flexibility index (Phi) is 3.06. The van der Waals surface area contributed by atoms with E-state index in [-0.39, 0.29) is 11.8 Å². The summed E-state index contributed by atoms with van der Waals surface area (Å²) in [5.74, 6) is 1.33. The van der Waals surface area contributed by atoms with Gasteiger partial charge < -0.3 is 11.1 Å². The molecule has 0 bridgehead atoms. The largest absolute Gasteiger partial charge is 0.369 e. The Morgan fingerprint density at radius 1 is 1.21 bits per heavy atom. The van der Waals surface area contributed by atoms with Crippen molar-refractivity contribution >= 4 is 5.91 Å².